The van der Waals surface area contributed by atoms with Gasteiger partial charge in [0.2, 0.25) is 28.5 Å². The second-order valence-corrected chi connectivity index (χ2v) is 15.8. The highest BCUT2D eigenvalue weighted by atomic mass is 32.2. The lowest BCUT2D eigenvalue weighted by atomic mass is 10.0. The van der Waals surface area contributed by atoms with Gasteiger partial charge in [0.25, 0.3) is 11.8 Å². The summed E-state index contributed by atoms with van der Waals surface area (Å²) in [6, 6.07) is 1.66. The summed E-state index contributed by atoms with van der Waals surface area (Å²) in [5.41, 5.74) is 1.08. The number of amides is 4. The maximum atomic E-state index is 13.4. The quantitative estimate of drug-likeness (QED) is 0.0599. The predicted molar refractivity (Wildman–Crippen MR) is 195 cm³/mol. The summed E-state index contributed by atoms with van der Waals surface area (Å²) < 4.78 is 6.60. The van der Waals surface area contributed by atoms with Crippen LogP contribution in [0.4, 0.5) is 5.13 Å². The lowest BCUT2D eigenvalue weighted by Gasteiger charge is -2.49. The molecule has 3 atom stereocenters. The Morgan fingerprint density at radius 2 is 1.85 bits per heavy atom. The number of oxime groups is 1. The van der Waals surface area contributed by atoms with E-state index in [2.05, 4.69) is 35.4 Å². The number of aliphatic carboxylic acids is 2. The van der Waals surface area contributed by atoms with Crippen LogP contribution in [-0.2, 0) is 40.7 Å². The number of aryl methyl sites for hydroxylation is 1. The Hall–Kier alpha value is -4.93. The van der Waals surface area contributed by atoms with E-state index in [9.17, 15) is 39.0 Å². The van der Waals surface area contributed by atoms with Gasteiger partial charge in [-0.05, 0) is 12.8 Å². The topological polar surface area (TPSA) is 246 Å². The number of carboxylic acid groups (broad SMARTS) is 2. The Balaban J connectivity index is 1.21. The zero-order chi connectivity index (χ0) is 38.4. The van der Waals surface area contributed by atoms with Crippen LogP contribution in [0.5, 0.6) is 0 Å². The molecular weight excluding hydrogens is 771 g/mol. The van der Waals surface area contributed by atoms with Crippen LogP contribution in [-0.4, -0.2) is 101 Å². The Bertz CT molecular complexity index is 1980. The van der Waals surface area contributed by atoms with E-state index in [4.69, 9.17) is 4.84 Å². The number of hydrogen-bond acceptors (Lipinski definition) is 15. The van der Waals surface area contributed by atoms with Gasteiger partial charge < -0.3 is 31.0 Å². The van der Waals surface area contributed by atoms with Gasteiger partial charge in [-0.3, -0.25) is 24.1 Å². The number of carbonyl (C=O) groups excluding carboxylic acids is 4. The fourth-order valence-corrected chi connectivity index (χ4v) is 8.99. The van der Waals surface area contributed by atoms with Gasteiger partial charge in [-0.25, -0.2) is 19.1 Å². The molecule has 0 bridgehead atoms. The van der Waals surface area contributed by atoms with E-state index in [1.807, 2.05) is 41.5 Å². The third kappa shape index (κ3) is 9.36. The first-order valence-electron chi connectivity index (χ1n) is 15.9. The van der Waals surface area contributed by atoms with Gasteiger partial charge in [0.05, 0.1) is 5.69 Å². The van der Waals surface area contributed by atoms with Gasteiger partial charge in [-0.2, -0.15) is 9.36 Å². The van der Waals surface area contributed by atoms with Crippen molar-refractivity contribution in [3.63, 3.8) is 0 Å². The van der Waals surface area contributed by atoms with Crippen LogP contribution < -0.4 is 20.5 Å². The van der Waals surface area contributed by atoms with E-state index in [0.29, 0.717) is 9.24 Å². The number of carboxylic acids is 2. The van der Waals surface area contributed by atoms with Crippen molar-refractivity contribution in [2.45, 2.75) is 55.4 Å². The van der Waals surface area contributed by atoms with E-state index < -0.39 is 53.0 Å². The first-order valence-corrected chi connectivity index (χ1v) is 19.5. The van der Waals surface area contributed by atoms with Gasteiger partial charge in [0.15, 0.2) is 16.7 Å². The lowest BCUT2D eigenvalue weighted by molar-refractivity contribution is -0.671. The van der Waals surface area contributed by atoms with Crippen molar-refractivity contribution in [3.05, 3.63) is 46.3 Å². The summed E-state index contributed by atoms with van der Waals surface area (Å²) >= 11 is 4.55. The number of pyridine rings is 1. The molecular formula is C31H34N9O9S4+. The number of rotatable bonds is 16. The summed E-state index contributed by atoms with van der Waals surface area (Å²) in [7, 11) is 1.91. The number of fused-ring (bicyclic) bond motifs is 1. The van der Waals surface area contributed by atoms with Crippen molar-refractivity contribution in [2.24, 2.45) is 18.1 Å². The number of nitrogens with zero attached hydrogens (tertiary/aromatic N) is 6. The van der Waals surface area contributed by atoms with Crippen LogP contribution in [0.2, 0.25) is 0 Å². The molecule has 3 unspecified atom stereocenters. The third-order valence-corrected chi connectivity index (χ3v) is 11.7. The standard InChI is InChI=1S/C31H33N9O9S4/c1-5-49-37-21(24-36-30(53-38-24)34-19(42)7-6-18(41)33-20(14(2)3)28(45)46)25(43)35-22-26(44)40-23(29(47)48)17(13-50-27(22)40)52-31-32-16(12-51-31)15-8-10-39(4)11-9-15/h8-12,14,20,22,27H,5-7,13H2,1-4H3,(H4-,33,34,35,36,38,41,42,43,45,46,47,48)/p+1. The highest BCUT2D eigenvalue weighted by Crippen LogP contribution is 2.46. The van der Waals surface area contributed by atoms with Crippen molar-refractivity contribution in [3.8, 4) is 11.3 Å². The molecule has 1 fully saturated rings. The molecule has 22 heteroatoms. The number of thiazole rings is 1. The SMILES string of the molecule is CCON=C(C(=O)NC1C(=O)N2C(C(=O)O)=C(Sc3nc(-c4cc[n+](C)cc4)cs3)CSC12)c1nsc(NC(=O)CCC(=O)NC(C(=O)O)C(C)C)n1. The van der Waals surface area contributed by atoms with E-state index in [1.54, 1.807) is 20.8 Å². The molecule has 0 saturated carbocycles. The number of anilines is 1. The molecule has 5 heterocycles. The Kier molecular flexibility index (Phi) is 12.8. The molecule has 0 aromatic carbocycles. The number of β-lactam (4-membered cyclic amide) rings is 1. The Morgan fingerprint density at radius 1 is 1.13 bits per heavy atom. The van der Waals surface area contributed by atoms with Gasteiger partial charge in [-0.15, -0.1) is 23.1 Å². The van der Waals surface area contributed by atoms with Crippen LogP contribution in [0.3, 0.4) is 0 Å². The number of thioether (sulfide) groups is 2. The van der Waals surface area contributed by atoms with Crippen molar-refractivity contribution in [1.29, 1.82) is 0 Å². The summed E-state index contributed by atoms with van der Waals surface area (Å²) in [5.74, 6) is -5.53. The van der Waals surface area contributed by atoms with Crippen LogP contribution in [0.15, 0.2) is 50.0 Å². The van der Waals surface area contributed by atoms with Gasteiger partial charge in [0, 0.05) is 58.1 Å². The molecule has 2 aliphatic heterocycles. The highest BCUT2D eigenvalue weighted by molar-refractivity contribution is 8.07. The molecule has 53 heavy (non-hydrogen) atoms. The number of aromatic nitrogens is 4. The molecule has 2 aliphatic rings. The first-order chi connectivity index (χ1) is 25.3. The number of carbonyl (C=O) groups is 6. The summed E-state index contributed by atoms with van der Waals surface area (Å²) in [5, 5.41) is 31.8. The van der Waals surface area contributed by atoms with E-state index >= 15 is 0 Å². The van der Waals surface area contributed by atoms with Crippen LogP contribution in [0.1, 0.15) is 39.4 Å². The summed E-state index contributed by atoms with van der Waals surface area (Å²) in [6.07, 6.45) is 3.23. The van der Waals surface area contributed by atoms with Crippen molar-refractivity contribution < 1.29 is 48.4 Å². The zero-order valence-corrected chi connectivity index (χ0v) is 31.9. The van der Waals surface area contributed by atoms with E-state index in [-0.39, 0.29) is 53.5 Å². The lowest BCUT2D eigenvalue weighted by Crippen LogP contribution is -2.71. The largest absolute Gasteiger partial charge is 0.480 e. The van der Waals surface area contributed by atoms with Crippen molar-refractivity contribution >= 4 is 92.8 Å². The van der Waals surface area contributed by atoms with Gasteiger partial charge in [0.1, 0.15) is 36.8 Å². The normalized spacial score (nSPS) is 17.5. The summed E-state index contributed by atoms with van der Waals surface area (Å²) in [4.78, 5) is 90.7. The second-order valence-electron chi connectivity index (χ2n) is 11.7. The fourth-order valence-electron chi connectivity index (χ4n) is 4.94. The molecule has 4 amide bonds. The fraction of sp³-hybridized carbons (Fsp3) is 0.387. The molecule has 18 nitrogen and oxygen atoms in total. The van der Waals surface area contributed by atoms with Crippen LogP contribution in [0.25, 0.3) is 11.3 Å². The molecule has 5 rings (SSSR count). The van der Waals surface area contributed by atoms with Gasteiger partial charge in [-0.1, -0.05) is 30.8 Å². The monoisotopic (exact) mass is 804 g/mol. The average Bonchev–Trinajstić information content (AvgIpc) is 3.78. The maximum Gasteiger partial charge on any atom is 0.353 e. The van der Waals surface area contributed by atoms with Gasteiger partial charge >= 0.3 is 11.9 Å². The Morgan fingerprint density at radius 3 is 2.51 bits per heavy atom. The zero-order valence-electron chi connectivity index (χ0n) is 28.6. The average molecular weight is 805 g/mol. The molecule has 3 aromatic heterocycles. The van der Waals surface area contributed by atoms with Crippen LogP contribution >= 0.6 is 46.4 Å². The Labute approximate surface area is 318 Å². The van der Waals surface area contributed by atoms with Crippen molar-refractivity contribution in [1.82, 2.24) is 29.9 Å². The van der Waals surface area contributed by atoms with Crippen molar-refractivity contribution in [2.75, 3.05) is 17.7 Å². The molecule has 1 saturated heterocycles. The molecule has 0 aliphatic carbocycles. The summed E-state index contributed by atoms with van der Waals surface area (Å²) in [6.45, 7) is 5.00. The molecule has 5 N–H and O–H groups in total. The number of hydrogen-bond donors (Lipinski definition) is 5. The van der Waals surface area contributed by atoms with Crippen LogP contribution in [0, 0.1) is 5.92 Å². The van der Waals surface area contributed by atoms with E-state index in [1.165, 1.54) is 34.9 Å². The maximum absolute atomic E-state index is 13.4. The first kappa shape index (κ1) is 39.3. The predicted octanol–water partition coefficient (Wildman–Crippen LogP) is 1.66. The molecule has 0 radical (unpaired) electrons. The minimum atomic E-state index is -1.29. The van der Waals surface area contributed by atoms with E-state index in [0.717, 1.165) is 27.7 Å². The second kappa shape index (κ2) is 17.3. The minimum absolute atomic E-state index is 0.0202. The highest BCUT2D eigenvalue weighted by Gasteiger charge is 2.54. The molecule has 280 valence electrons. The smallest absolute Gasteiger partial charge is 0.353 e. The molecule has 3 aromatic rings. The number of nitrogens with one attached hydrogen (secondary N) is 3. The minimum Gasteiger partial charge on any atom is -0.480 e. The molecule has 0 spiro atoms. The third-order valence-electron chi connectivity index (χ3n) is 7.60.